The predicted molar refractivity (Wildman–Crippen MR) is 188 cm³/mol. The van der Waals surface area contributed by atoms with Crippen molar-refractivity contribution in [2.75, 3.05) is 11.5 Å². The second-order valence-electron chi connectivity index (χ2n) is 11.2. The van der Waals surface area contributed by atoms with Gasteiger partial charge >= 0.3 is 0 Å². The third kappa shape index (κ3) is 5.58. The Balaban J connectivity index is 0.000000152. The molecular formula is C36H30N10O2. The Labute approximate surface area is 273 Å². The van der Waals surface area contributed by atoms with Crippen LogP contribution in [0.15, 0.2) is 120 Å². The van der Waals surface area contributed by atoms with Gasteiger partial charge in [0.25, 0.3) is 0 Å². The summed E-state index contributed by atoms with van der Waals surface area (Å²) >= 11 is 0. The van der Waals surface area contributed by atoms with Gasteiger partial charge in [-0.15, -0.1) is 0 Å². The van der Waals surface area contributed by atoms with Crippen LogP contribution in [0.2, 0.25) is 0 Å². The number of aromatic nitrogens is 8. The maximum Gasteiger partial charge on any atom is 0.212 e. The van der Waals surface area contributed by atoms with Crippen LogP contribution in [0.1, 0.15) is 11.4 Å². The summed E-state index contributed by atoms with van der Waals surface area (Å²) in [7, 11) is 0. The molecule has 0 saturated heterocycles. The molecule has 0 aliphatic rings. The van der Waals surface area contributed by atoms with E-state index in [9.17, 15) is 9.59 Å². The zero-order valence-corrected chi connectivity index (χ0v) is 26.0. The van der Waals surface area contributed by atoms with Gasteiger partial charge < -0.3 is 21.4 Å². The van der Waals surface area contributed by atoms with Crippen LogP contribution < -0.4 is 22.3 Å². The molecule has 0 unspecified atom stereocenters. The molecule has 2 aromatic carbocycles. The summed E-state index contributed by atoms with van der Waals surface area (Å²) in [5.74, 6) is 1.48. The van der Waals surface area contributed by atoms with Crippen LogP contribution in [0, 0.1) is 13.8 Å². The summed E-state index contributed by atoms with van der Waals surface area (Å²) < 4.78 is 3.54. The minimum absolute atomic E-state index is 0.187. The number of hydrogen-bond acceptors (Lipinski definition) is 8. The minimum Gasteiger partial charge on any atom is -0.394 e. The number of rotatable bonds is 4. The van der Waals surface area contributed by atoms with E-state index in [2.05, 4.69) is 30.1 Å². The molecule has 48 heavy (non-hydrogen) atoms. The number of aryl methyl sites for hydroxylation is 2. The lowest BCUT2D eigenvalue weighted by Crippen LogP contribution is -2.10. The number of hydrogen-bond donors (Lipinski definition) is 4. The molecule has 0 fully saturated rings. The lowest BCUT2D eigenvalue weighted by Gasteiger charge is -2.06. The Bertz CT molecular complexity index is 2400. The van der Waals surface area contributed by atoms with E-state index in [1.807, 2.05) is 86.6 Å². The molecule has 0 radical (unpaired) electrons. The third-order valence-electron chi connectivity index (χ3n) is 7.89. The zero-order valence-electron chi connectivity index (χ0n) is 26.0. The van der Waals surface area contributed by atoms with Crippen LogP contribution in [0.25, 0.3) is 55.7 Å². The number of H-pyrrole nitrogens is 2. The van der Waals surface area contributed by atoms with Gasteiger partial charge in [0.05, 0.1) is 34.8 Å². The molecule has 0 aliphatic heterocycles. The number of nitrogens with two attached hydrogens (primary N) is 2. The fraction of sp³-hybridized carbons (Fsp3) is 0.0556. The van der Waals surface area contributed by atoms with Gasteiger partial charge in [-0.1, -0.05) is 36.4 Å². The van der Waals surface area contributed by atoms with Crippen molar-refractivity contribution < 1.29 is 0 Å². The summed E-state index contributed by atoms with van der Waals surface area (Å²) in [6, 6.07) is 23.1. The molecule has 0 atom stereocenters. The molecule has 8 aromatic rings. The first-order valence-electron chi connectivity index (χ1n) is 15.0. The molecule has 12 heteroatoms. The van der Waals surface area contributed by atoms with Crippen LogP contribution in [-0.4, -0.2) is 39.5 Å². The topological polar surface area (TPSA) is 179 Å². The van der Waals surface area contributed by atoms with Crippen molar-refractivity contribution >= 4 is 33.2 Å². The van der Waals surface area contributed by atoms with Crippen molar-refractivity contribution in [3.63, 3.8) is 0 Å². The number of aromatic amines is 2. The highest BCUT2D eigenvalue weighted by Crippen LogP contribution is 2.25. The Morgan fingerprint density at radius 1 is 0.583 bits per heavy atom. The van der Waals surface area contributed by atoms with E-state index in [-0.39, 0.29) is 22.2 Å². The summed E-state index contributed by atoms with van der Waals surface area (Å²) in [6.45, 7) is 3.87. The highest BCUT2D eigenvalue weighted by molar-refractivity contribution is 5.86. The van der Waals surface area contributed by atoms with Crippen molar-refractivity contribution in [1.82, 2.24) is 39.5 Å². The quantitative estimate of drug-likeness (QED) is 0.200. The second kappa shape index (κ2) is 12.2. The van der Waals surface area contributed by atoms with Gasteiger partial charge in [-0.3, -0.25) is 9.59 Å². The summed E-state index contributed by atoms with van der Waals surface area (Å²) in [5, 5.41) is 10.8. The van der Waals surface area contributed by atoms with Gasteiger partial charge in [0.15, 0.2) is 11.6 Å². The summed E-state index contributed by atoms with van der Waals surface area (Å²) in [5.41, 5.74) is 17.7. The summed E-state index contributed by atoms with van der Waals surface area (Å²) in [6.07, 6.45) is 9.87. The Hall–Kier alpha value is -6.82. The van der Waals surface area contributed by atoms with E-state index in [4.69, 9.17) is 11.5 Å². The van der Waals surface area contributed by atoms with Gasteiger partial charge in [0.1, 0.15) is 0 Å². The standard InChI is InChI=1S/2C18H15N5O/c2*1-11-3-2-4-17(22-11)23-16-7-12(5-6-13(16)8-21-23)14-9-20-10-15(19)18(14)24/h2*2-10H,19H2,1H3,(H,20,24). The zero-order chi connectivity index (χ0) is 33.4. The molecule has 12 nitrogen and oxygen atoms in total. The van der Waals surface area contributed by atoms with Crippen molar-refractivity contribution in [3.8, 4) is 33.9 Å². The number of benzene rings is 2. The van der Waals surface area contributed by atoms with Crippen LogP contribution in [-0.2, 0) is 0 Å². The number of nitrogen functional groups attached to an aromatic ring is 2. The fourth-order valence-electron chi connectivity index (χ4n) is 5.46. The average molecular weight is 635 g/mol. The van der Waals surface area contributed by atoms with Crippen molar-refractivity contribution in [1.29, 1.82) is 0 Å². The lowest BCUT2D eigenvalue weighted by atomic mass is 10.1. The van der Waals surface area contributed by atoms with Crippen molar-refractivity contribution in [2.45, 2.75) is 13.8 Å². The van der Waals surface area contributed by atoms with E-state index in [1.54, 1.807) is 34.2 Å². The first-order valence-corrected chi connectivity index (χ1v) is 15.0. The van der Waals surface area contributed by atoms with Gasteiger partial charge in [0.2, 0.25) is 10.9 Å². The molecule has 0 aliphatic carbocycles. The number of nitrogens with zero attached hydrogens (tertiary/aromatic N) is 6. The molecule has 0 spiro atoms. The van der Waals surface area contributed by atoms with Gasteiger partial charge in [-0.25, -0.2) is 19.3 Å². The fourth-order valence-corrected chi connectivity index (χ4v) is 5.46. The molecule has 6 aromatic heterocycles. The molecule has 0 bridgehead atoms. The van der Waals surface area contributed by atoms with E-state index in [0.29, 0.717) is 11.1 Å². The maximum absolute atomic E-state index is 12.3. The maximum atomic E-state index is 12.3. The first kappa shape index (κ1) is 29.9. The molecule has 8 rings (SSSR count). The molecular weight excluding hydrogens is 604 g/mol. The van der Waals surface area contributed by atoms with Crippen molar-refractivity contribution in [2.24, 2.45) is 0 Å². The molecule has 236 valence electrons. The highest BCUT2D eigenvalue weighted by Gasteiger charge is 2.12. The third-order valence-corrected chi connectivity index (χ3v) is 7.89. The molecule has 6 heterocycles. The number of anilines is 2. The summed E-state index contributed by atoms with van der Waals surface area (Å²) in [4.78, 5) is 39.4. The van der Waals surface area contributed by atoms with Gasteiger partial charge in [-0.2, -0.15) is 10.2 Å². The van der Waals surface area contributed by atoms with E-state index in [0.717, 1.165) is 56.0 Å². The largest absolute Gasteiger partial charge is 0.394 e. The predicted octanol–water partition coefficient (Wildman–Crippen LogP) is 5.33. The molecule has 0 saturated carbocycles. The Kier molecular flexibility index (Phi) is 7.57. The molecule has 6 N–H and O–H groups in total. The highest BCUT2D eigenvalue weighted by atomic mass is 16.1. The van der Waals surface area contributed by atoms with E-state index in [1.165, 1.54) is 12.4 Å². The van der Waals surface area contributed by atoms with Crippen LogP contribution in [0.4, 0.5) is 11.4 Å². The minimum atomic E-state index is -0.187. The molecule has 0 amide bonds. The van der Waals surface area contributed by atoms with E-state index < -0.39 is 0 Å². The Morgan fingerprint density at radius 2 is 1.02 bits per heavy atom. The van der Waals surface area contributed by atoms with Gasteiger partial charge in [-0.05, 0) is 61.4 Å². The average Bonchev–Trinajstić information content (AvgIpc) is 3.71. The number of fused-ring (bicyclic) bond motifs is 2. The van der Waals surface area contributed by atoms with Crippen LogP contribution >= 0.6 is 0 Å². The van der Waals surface area contributed by atoms with Crippen molar-refractivity contribution in [3.05, 3.63) is 142 Å². The van der Waals surface area contributed by atoms with Crippen LogP contribution in [0.3, 0.4) is 0 Å². The number of nitrogens with one attached hydrogen (secondary N) is 2. The SMILES string of the molecule is Cc1cccc(-n2ncc3ccc(-c4c[nH]cc(N)c4=O)cc32)n1.Cc1cccc(-n2ncc3ccc(-c4c[nH]cc(N)c4=O)cc32)n1. The number of pyridine rings is 4. The van der Waals surface area contributed by atoms with E-state index >= 15 is 0 Å². The van der Waals surface area contributed by atoms with Gasteiger partial charge in [0, 0.05) is 58.1 Å². The monoisotopic (exact) mass is 634 g/mol. The lowest BCUT2D eigenvalue weighted by molar-refractivity contribution is 0.867. The normalized spacial score (nSPS) is 11.0. The smallest absolute Gasteiger partial charge is 0.212 e. The Morgan fingerprint density at radius 3 is 1.44 bits per heavy atom. The first-order chi connectivity index (χ1) is 23.3. The van der Waals surface area contributed by atoms with Crippen LogP contribution in [0.5, 0.6) is 0 Å². The second-order valence-corrected chi connectivity index (χ2v) is 11.2.